The minimum atomic E-state index is 0.857. The first-order valence-corrected chi connectivity index (χ1v) is 19.5. The summed E-state index contributed by atoms with van der Waals surface area (Å²) in [5.41, 5.74) is 11.6. The highest BCUT2D eigenvalue weighted by Gasteiger charge is 2.23. The predicted octanol–water partition coefficient (Wildman–Crippen LogP) is 15.0. The van der Waals surface area contributed by atoms with Crippen LogP contribution in [0.2, 0.25) is 0 Å². The topological polar surface area (TPSA) is 13.1 Å². The van der Waals surface area contributed by atoms with Crippen LogP contribution >= 0.6 is 11.3 Å². The molecule has 10 aromatic rings. The lowest BCUT2D eigenvalue weighted by Crippen LogP contribution is -2.02. The quantitative estimate of drug-likeness (QED) is 0.166. The Kier molecular flexibility index (Phi) is 7.24. The Balaban J connectivity index is 1.12. The van der Waals surface area contributed by atoms with Gasteiger partial charge in [-0.25, -0.2) is 0 Å². The summed E-state index contributed by atoms with van der Waals surface area (Å²) in [6, 6.07) is 55.9. The molecule has 8 aromatic carbocycles. The lowest BCUT2D eigenvalue weighted by Gasteiger charge is -2.22. The van der Waals surface area contributed by atoms with Crippen molar-refractivity contribution in [1.29, 1.82) is 0 Å². The summed E-state index contributed by atoms with van der Waals surface area (Å²) in [4.78, 5) is 0. The first-order valence-electron chi connectivity index (χ1n) is 18.7. The first-order chi connectivity index (χ1) is 26.8. The van der Waals surface area contributed by atoms with E-state index in [4.69, 9.17) is 4.42 Å². The number of thiophene rings is 1. The van der Waals surface area contributed by atoms with Gasteiger partial charge in [-0.2, -0.15) is 0 Å². The zero-order valence-corrected chi connectivity index (χ0v) is 30.4. The fourth-order valence-electron chi connectivity index (χ4n) is 9.00. The maximum absolute atomic E-state index is 6.08. The first kappa shape index (κ1) is 31.1. The van der Waals surface area contributed by atoms with Crippen molar-refractivity contribution in [3.63, 3.8) is 0 Å². The van der Waals surface area contributed by atoms with Gasteiger partial charge in [0.05, 0.1) is 6.26 Å². The van der Waals surface area contributed by atoms with E-state index in [1.807, 2.05) is 17.4 Å². The van der Waals surface area contributed by atoms with E-state index in [2.05, 4.69) is 170 Å². The number of rotatable bonds is 4. The molecule has 254 valence electrons. The van der Waals surface area contributed by atoms with Gasteiger partial charge >= 0.3 is 0 Å². The minimum Gasteiger partial charge on any atom is -0.464 e. The maximum atomic E-state index is 6.08. The molecule has 2 aromatic heterocycles. The molecule has 0 saturated heterocycles. The Labute approximate surface area is 317 Å². The summed E-state index contributed by atoms with van der Waals surface area (Å²) < 4.78 is 8.70. The maximum Gasteiger partial charge on any atom is 0.134 e. The van der Waals surface area contributed by atoms with Crippen molar-refractivity contribution in [3.05, 3.63) is 193 Å². The monoisotopic (exact) mass is 706 g/mol. The molecule has 0 fully saturated rings. The van der Waals surface area contributed by atoms with Crippen LogP contribution in [0.15, 0.2) is 187 Å². The molecule has 0 radical (unpaired) electrons. The van der Waals surface area contributed by atoms with E-state index in [9.17, 15) is 0 Å². The van der Waals surface area contributed by atoms with Crippen LogP contribution < -0.4 is 0 Å². The number of furan rings is 1. The molecule has 0 aliphatic heterocycles. The van der Waals surface area contributed by atoms with Crippen LogP contribution in [-0.4, -0.2) is 0 Å². The summed E-state index contributed by atoms with van der Waals surface area (Å²) in [5, 5.41) is 10.2. The van der Waals surface area contributed by atoms with Crippen LogP contribution in [0.5, 0.6) is 0 Å². The molecule has 0 atom stereocenters. The summed E-state index contributed by atoms with van der Waals surface area (Å²) in [7, 11) is 0. The fraction of sp³-hybridized carbons (Fsp3) is 0.0385. The van der Waals surface area contributed by atoms with Gasteiger partial charge in [0, 0.05) is 25.7 Å². The average molecular weight is 707 g/mol. The highest BCUT2D eigenvalue weighted by molar-refractivity contribution is 7.25. The molecule has 1 aliphatic rings. The van der Waals surface area contributed by atoms with E-state index in [-0.39, 0.29) is 0 Å². The van der Waals surface area contributed by atoms with Gasteiger partial charge in [-0.05, 0) is 120 Å². The molecule has 2 heterocycles. The van der Waals surface area contributed by atoms with Crippen molar-refractivity contribution in [2.75, 3.05) is 0 Å². The molecule has 0 spiro atoms. The fourth-order valence-corrected chi connectivity index (χ4v) is 10.1. The molecule has 0 unspecified atom stereocenters. The lowest BCUT2D eigenvalue weighted by atomic mass is 9.82. The molecule has 11 rings (SSSR count). The number of hydrogen-bond donors (Lipinski definition) is 0. The molecule has 0 amide bonds. The van der Waals surface area contributed by atoms with Crippen LogP contribution in [0.3, 0.4) is 0 Å². The van der Waals surface area contributed by atoms with Crippen LogP contribution in [0, 0.1) is 0 Å². The van der Waals surface area contributed by atoms with Gasteiger partial charge < -0.3 is 4.42 Å². The summed E-state index contributed by atoms with van der Waals surface area (Å²) in [6.07, 6.45) is 12.4. The van der Waals surface area contributed by atoms with E-state index in [0.29, 0.717) is 0 Å². The van der Waals surface area contributed by atoms with Crippen LogP contribution in [0.1, 0.15) is 11.1 Å². The summed E-state index contributed by atoms with van der Waals surface area (Å²) in [6.45, 7) is 0. The summed E-state index contributed by atoms with van der Waals surface area (Å²) >= 11 is 1.89. The third kappa shape index (κ3) is 4.84. The summed E-state index contributed by atoms with van der Waals surface area (Å²) in [5.74, 6) is 0.928. The number of benzene rings is 8. The van der Waals surface area contributed by atoms with E-state index < -0.39 is 0 Å². The van der Waals surface area contributed by atoms with Crippen molar-refractivity contribution >= 4 is 63.8 Å². The van der Waals surface area contributed by atoms with Gasteiger partial charge in [0.25, 0.3) is 0 Å². The Morgan fingerprint density at radius 2 is 0.907 bits per heavy atom. The second-order valence-electron chi connectivity index (χ2n) is 14.2. The van der Waals surface area contributed by atoms with E-state index in [0.717, 1.165) is 18.6 Å². The van der Waals surface area contributed by atoms with Crippen molar-refractivity contribution < 1.29 is 4.42 Å². The molecular formula is C52H34OS. The van der Waals surface area contributed by atoms with Gasteiger partial charge in [0.2, 0.25) is 0 Å². The normalized spacial score (nSPS) is 12.9. The van der Waals surface area contributed by atoms with E-state index >= 15 is 0 Å². The third-order valence-electron chi connectivity index (χ3n) is 11.3. The van der Waals surface area contributed by atoms with Gasteiger partial charge in [-0.3, -0.25) is 0 Å². The van der Waals surface area contributed by atoms with Gasteiger partial charge in [-0.1, -0.05) is 146 Å². The second-order valence-corrected chi connectivity index (χ2v) is 15.3. The molecule has 54 heavy (non-hydrogen) atoms. The molecular weight excluding hydrogens is 673 g/mol. The zero-order valence-electron chi connectivity index (χ0n) is 29.6. The Hall–Kier alpha value is -6.48. The predicted molar refractivity (Wildman–Crippen MR) is 232 cm³/mol. The van der Waals surface area contributed by atoms with Crippen LogP contribution in [-0.2, 0) is 12.8 Å². The van der Waals surface area contributed by atoms with E-state index in [1.165, 1.54) is 103 Å². The van der Waals surface area contributed by atoms with Gasteiger partial charge in [0.1, 0.15) is 5.76 Å². The lowest BCUT2D eigenvalue weighted by molar-refractivity contribution is 0.582. The molecule has 1 nitrogen and oxygen atoms in total. The minimum absolute atomic E-state index is 0.857. The molecule has 1 aliphatic carbocycles. The molecule has 0 bridgehead atoms. The van der Waals surface area contributed by atoms with Gasteiger partial charge in [-0.15, -0.1) is 11.3 Å². The van der Waals surface area contributed by atoms with Crippen molar-refractivity contribution in [2.45, 2.75) is 12.8 Å². The van der Waals surface area contributed by atoms with Crippen molar-refractivity contribution in [3.8, 4) is 44.7 Å². The Bertz CT molecular complexity index is 3080. The molecule has 0 N–H and O–H groups in total. The van der Waals surface area contributed by atoms with E-state index in [1.54, 1.807) is 6.26 Å². The highest BCUT2D eigenvalue weighted by Crippen LogP contribution is 2.47. The SMILES string of the molecule is C1=CCc2c(c(-c3ccco3)c3ccccc3c2-c2ccc3sc4cc(-c5c6ccccc6c(-c6ccccc6)c6ccccc56)ccc4c3c2)CC=C1. The number of fused-ring (bicyclic) bond motifs is 7. The van der Waals surface area contributed by atoms with Gasteiger partial charge in [0.15, 0.2) is 0 Å². The average Bonchev–Trinajstić information content (AvgIpc) is 3.88. The second kappa shape index (κ2) is 12.6. The highest BCUT2D eigenvalue weighted by atomic mass is 32.1. The Morgan fingerprint density at radius 3 is 1.54 bits per heavy atom. The number of allylic oxidation sites excluding steroid dienone is 4. The third-order valence-corrected chi connectivity index (χ3v) is 12.4. The Morgan fingerprint density at radius 1 is 0.370 bits per heavy atom. The zero-order chi connectivity index (χ0) is 35.6. The molecule has 2 heteroatoms. The van der Waals surface area contributed by atoms with Crippen molar-refractivity contribution in [1.82, 2.24) is 0 Å². The standard InChI is InChI=1S/C52H34OS/c1-2-7-18-43-41(17-6-1)50(42-23-12-13-24-44(42)52(43)46-25-14-30-53-46)34-27-29-47-45(31-34)36-28-26-35(32-48(36)54-47)51-39-21-10-8-19-37(39)49(33-15-4-3-5-16-33)38-20-9-11-22-40(38)51/h1-16,19-32H,17-18H2. The van der Waals surface area contributed by atoms with Crippen molar-refractivity contribution in [2.24, 2.45) is 0 Å². The largest absolute Gasteiger partial charge is 0.464 e. The molecule has 0 saturated carbocycles. The smallest absolute Gasteiger partial charge is 0.134 e. The van der Waals surface area contributed by atoms with Crippen LogP contribution in [0.4, 0.5) is 0 Å². The number of hydrogen-bond acceptors (Lipinski definition) is 2. The van der Waals surface area contributed by atoms with Crippen LogP contribution in [0.25, 0.3) is 97.2 Å².